The molecule has 1 aromatic rings. The van der Waals surface area contributed by atoms with Crippen molar-refractivity contribution in [1.29, 1.82) is 0 Å². The van der Waals surface area contributed by atoms with Crippen LogP contribution in [0, 0.1) is 6.92 Å². The summed E-state index contributed by atoms with van der Waals surface area (Å²) < 4.78 is 1.33. The van der Waals surface area contributed by atoms with Crippen molar-refractivity contribution >= 4 is 22.0 Å². The SMILES string of the molecule is [Li][c]1ccc(C)cc1. The van der Waals surface area contributed by atoms with Gasteiger partial charge in [-0.15, -0.1) is 0 Å². The second kappa shape index (κ2) is 2.39. The molecule has 0 aliphatic carbocycles. The van der Waals surface area contributed by atoms with Gasteiger partial charge in [0.15, 0.2) is 0 Å². The number of aryl methyl sites for hydroxylation is 1. The van der Waals surface area contributed by atoms with E-state index in [0.29, 0.717) is 0 Å². The molecule has 0 bridgehead atoms. The van der Waals surface area contributed by atoms with E-state index in [2.05, 4.69) is 48.9 Å². The van der Waals surface area contributed by atoms with E-state index >= 15 is 0 Å². The van der Waals surface area contributed by atoms with Crippen LogP contribution in [0.1, 0.15) is 5.56 Å². The molecule has 0 N–H and O–H groups in total. The van der Waals surface area contributed by atoms with Crippen LogP contribution < -0.4 is 4.24 Å². The molecule has 0 nitrogen and oxygen atoms in total. The molecule has 1 rings (SSSR count). The Bertz CT molecular complexity index is 143. The van der Waals surface area contributed by atoms with Crippen molar-refractivity contribution in [3.63, 3.8) is 0 Å². The molecule has 1 aromatic carbocycles. The Morgan fingerprint density at radius 1 is 1.12 bits per heavy atom. The topological polar surface area (TPSA) is 0 Å². The van der Waals surface area contributed by atoms with Gasteiger partial charge < -0.3 is 0 Å². The molecule has 0 aromatic heterocycles. The van der Waals surface area contributed by atoms with Crippen LogP contribution in [0.5, 0.6) is 0 Å². The molecule has 36 valence electrons. The van der Waals surface area contributed by atoms with Crippen LogP contribution in [-0.4, -0.2) is 17.7 Å². The summed E-state index contributed by atoms with van der Waals surface area (Å²) in [6.07, 6.45) is 0. The predicted molar refractivity (Wildman–Crippen MR) is 36.6 cm³/mol. The summed E-state index contributed by atoms with van der Waals surface area (Å²) in [4.78, 5) is 0. The van der Waals surface area contributed by atoms with Gasteiger partial charge in [-0.1, -0.05) is 0 Å². The molecule has 0 fully saturated rings. The Kier molecular flexibility index (Phi) is 1.78. The van der Waals surface area contributed by atoms with E-state index in [1.165, 1.54) is 9.80 Å². The first-order valence-corrected chi connectivity index (χ1v) is 2.82. The molecule has 0 spiro atoms. The molecular formula is C7H7Li. The van der Waals surface area contributed by atoms with Crippen molar-refractivity contribution in [3.8, 4) is 0 Å². The molecule has 0 amide bonds. The first-order chi connectivity index (χ1) is 3.79. The summed E-state index contributed by atoms with van der Waals surface area (Å²) in [5.74, 6) is 0. The minimum atomic E-state index is 1.33. The first kappa shape index (κ1) is 5.95. The Labute approximate surface area is 59.1 Å². The summed E-state index contributed by atoms with van der Waals surface area (Å²) in [5.41, 5.74) is 1.33. The van der Waals surface area contributed by atoms with Crippen molar-refractivity contribution in [3.05, 3.63) is 29.8 Å². The fraction of sp³-hybridized carbons (Fsp3) is 0.143. The quantitative estimate of drug-likeness (QED) is 0.421. The fourth-order valence-corrected chi connectivity index (χ4v) is 0.637. The molecule has 0 aliphatic rings. The minimum absolute atomic E-state index is 1.33. The van der Waals surface area contributed by atoms with Gasteiger partial charge in [0.2, 0.25) is 0 Å². The zero-order valence-corrected chi connectivity index (χ0v) is 5.31. The average Bonchev–Trinajstić information content (AvgIpc) is 1.77. The Morgan fingerprint density at radius 3 is 2.00 bits per heavy atom. The van der Waals surface area contributed by atoms with E-state index in [0.717, 1.165) is 0 Å². The summed E-state index contributed by atoms with van der Waals surface area (Å²) >= 11 is 2.10. The number of hydrogen-bond acceptors (Lipinski definition) is 0. The van der Waals surface area contributed by atoms with E-state index in [4.69, 9.17) is 0 Å². The van der Waals surface area contributed by atoms with Gasteiger partial charge in [0, 0.05) is 0 Å². The summed E-state index contributed by atoms with van der Waals surface area (Å²) in [6, 6.07) is 8.48. The Hall–Kier alpha value is -0.183. The van der Waals surface area contributed by atoms with Crippen LogP contribution in [0.4, 0.5) is 0 Å². The number of hydrogen-bond donors (Lipinski definition) is 0. The van der Waals surface area contributed by atoms with E-state index in [1.54, 1.807) is 0 Å². The van der Waals surface area contributed by atoms with Gasteiger partial charge in [0.25, 0.3) is 0 Å². The van der Waals surface area contributed by atoms with Crippen molar-refractivity contribution in [1.82, 2.24) is 0 Å². The summed E-state index contributed by atoms with van der Waals surface area (Å²) in [6.45, 7) is 2.10. The van der Waals surface area contributed by atoms with Crippen LogP contribution in [-0.2, 0) is 0 Å². The second-order valence-corrected chi connectivity index (χ2v) is 2.15. The Balaban J connectivity index is 3.03. The number of benzene rings is 1. The average molecular weight is 98.1 g/mol. The van der Waals surface area contributed by atoms with Gasteiger partial charge in [-0.05, 0) is 0 Å². The van der Waals surface area contributed by atoms with Crippen LogP contribution in [0.2, 0.25) is 0 Å². The molecule has 0 saturated carbocycles. The molecular weight excluding hydrogens is 91.0 g/mol. The van der Waals surface area contributed by atoms with Gasteiger partial charge >= 0.3 is 58.7 Å². The maximum absolute atomic E-state index is 2.12. The predicted octanol–water partition coefficient (Wildman–Crippen LogP) is 0.789. The van der Waals surface area contributed by atoms with E-state index in [9.17, 15) is 0 Å². The second-order valence-electron chi connectivity index (χ2n) is 2.15. The molecule has 0 radical (unpaired) electrons. The summed E-state index contributed by atoms with van der Waals surface area (Å²) in [7, 11) is 0. The normalized spacial score (nSPS) is 9.38. The third-order valence-corrected chi connectivity index (χ3v) is 1.22. The standard InChI is InChI=1S/C7H7.Li/c1-7-5-3-2-4-6-7;/h3-6H,1H3;. The third kappa shape index (κ3) is 1.40. The van der Waals surface area contributed by atoms with Crippen molar-refractivity contribution in [2.24, 2.45) is 0 Å². The Morgan fingerprint density at radius 2 is 1.62 bits per heavy atom. The van der Waals surface area contributed by atoms with Gasteiger partial charge in [-0.3, -0.25) is 0 Å². The van der Waals surface area contributed by atoms with E-state index < -0.39 is 0 Å². The van der Waals surface area contributed by atoms with Gasteiger partial charge in [0.05, 0.1) is 0 Å². The molecule has 0 aliphatic heterocycles. The van der Waals surface area contributed by atoms with Crippen molar-refractivity contribution in [2.45, 2.75) is 6.92 Å². The van der Waals surface area contributed by atoms with Crippen molar-refractivity contribution in [2.75, 3.05) is 0 Å². The van der Waals surface area contributed by atoms with Crippen molar-refractivity contribution < 1.29 is 0 Å². The molecule has 0 saturated heterocycles. The first-order valence-electron chi connectivity index (χ1n) is 2.82. The van der Waals surface area contributed by atoms with Gasteiger partial charge in [0.1, 0.15) is 0 Å². The third-order valence-electron chi connectivity index (χ3n) is 1.22. The fourth-order valence-electron chi connectivity index (χ4n) is 0.637. The zero-order valence-electron chi connectivity index (χ0n) is 5.31. The summed E-state index contributed by atoms with van der Waals surface area (Å²) in [5, 5.41) is 0. The van der Waals surface area contributed by atoms with Crippen LogP contribution in [0.25, 0.3) is 0 Å². The zero-order chi connectivity index (χ0) is 5.98. The van der Waals surface area contributed by atoms with Crippen LogP contribution in [0.15, 0.2) is 24.3 Å². The number of rotatable bonds is 0. The van der Waals surface area contributed by atoms with Gasteiger partial charge in [-0.2, -0.15) is 0 Å². The van der Waals surface area contributed by atoms with E-state index in [1.807, 2.05) is 0 Å². The van der Waals surface area contributed by atoms with Crippen LogP contribution >= 0.6 is 0 Å². The van der Waals surface area contributed by atoms with E-state index in [-0.39, 0.29) is 0 Å². The molecule has 8 heavy (non-hydrogen) atoms. The van der Waals surface area contributed by atoms with Gasteiger partial charge in [-0.25, -0.2) is 0 Å². The molecule has 0 unspecified atom stereocenters. The maximum atomic E-state index is 2.12. The molecule has 0 atom stereocenters. The molecule has 1 heteroatoms. The monoisotopic (exact) mass is 98.1 g/mol. The van der Waals surface area contributed by atoms with Crippen LogP contribution in [0.3, 0.4) is 0 Å². The molecule has 0 heterocycles.